The van der Waals surface area contributed by atoms with Gasteiger partial charge < -0.3 is 5.11 Å². The van der Waals surface area contributed by atoms with Gasteiger partial charge in [-0.1, -0.05) is 44.6 Å². The van der Waals surface area contributed by atoms with Gasteiger partial charge in [0.2, 0.25) is 0 Å². The Labute approximate surface area is 79.6 Å². The predicted molar refractivity (Wildman–Crippen MR) is 53.3 cm³/mol. The van der Waals surface area contributed by atoms with Gasteiger partial charge in [-0.15, -0.1) is 0 Å². The first-order valence-corrected chi connectivity index (χ1v) is 4.95. The molecule has 1 unspecified atom stereocenters. The molecule has 0 aliphatic heterocycles. The van der Waals surface area contributed by atoms with Crippen LogP contribution in [0.25, 0.3) is 10.4 Å². The first-order valence-electron chi connectivity index (χ1n) is 4.95. The Bertz CT molecular complexity index is 160. The van der Waals surface area contributed by atoms with E-state index in [1.807, 2.05) is 0 Å². The minimum absolute atomic E-state index is 0.0330. The summed E-state index contributed by atoms with van der Waals surface area (Å²) in [5.74, 6) is 0.343. The topological polar surface area (TPSA) is 69.0 Å². The number of aliphatic hydroxyl groups excluding tert-OH is 1. The molecular formula is C9H19N3O. The highest BCUT2D eigenvalue weighted by Crippen LogP contribution is 2.20. The Hall–Kier alpha value is -0.730. The van der Waals surface area contributed by atoms with Gasteiger partial charge in [-0.3, -0.25) is 0 Å². The van der Waals surface area contributed by atoms with Crippen molar-refractivity contribution in [2.75, 3.05) is 6.61 Å². The van der Waals surface area contributed by atoms with E-state index in [0.29, 0.717) is 5.92 Å². The van der Waals surface area contributed by atoms with E-state index in [4.69, 9.17) is 10.6 Å². The van der Waals surface area contributed by atoms with Gasteiger partial charge in [0.15, 0.2) is 0 Å². The molecule has 0 aliphatic rings. The van der Waals surface area contributed by atoms with Crippen LogP contribution in [-0.4, -0.2) is 17.8 Å². The van der Waals surface area contributed by atoms with E-state index in [0.717, 1.165) is 25.7 Å². The zero-order chi connectivity index (χ0) is 10.1. The Morgan fingerprint density at radius 2 is 1.85 bits per heavy atom. The second-order valence-corrected chi connectivity index (χ2v) is 3.29. The Balaban J connectivity index is 4.18. The van der Waals surface area contributed by atoms with Crippen LogP contribution in [0.4, 0.5) is 0 Å². The van der Waals surface area contributed by atoms with Crippen LogP contribution < -0.4 is 0 Å². The number of hydrogen-bond acceptors (Lipinski definition) is 2. The number of hydrogen-bond donors (Lipinski definition) is 1. The zero-order valence-electron chi connectivity index (χ0n) is 8.48. The van der Waals surface area contributed by atoms with Gasteiger partial charge >= 0.3 is 0 Å². The summed E-state index contributed by atoms with van der Waals surface area (Å²) in [4.78, 5) is 2.76. The number of rotatable bonds is 7. The molecule has 0 bridgehead atoms. The molecule has 76 valence electrons. The summed E-state index contributed by atoms with van der Waals surface area (Å²) in [5, 5.41) is 12.6. The fourth-order valence-electron chi connectivity index (χ4n) is 1.62. The predicted octanol–water partition coefficient (Wildman–Crippen LogP) is 2.87. The molecule has 0 saturated heterocycles. The highest BCUT2D eigenvalue weighted by Gasteiger charge is 2.17. The second kappa shape index (κ2) is 7.90. The van der Waals surface area contributed by atoms with Crippen molar-refractivity contribution >= 4 is 0 Å². The van der Waals surface area contributed by atoms with Crippen LogP contribution in [0, 0.1) is 5.92 Å². The smallest absolute Gasteiger partial charge is 0.0633 e. The van der Waals surface area contributed by atoms with Crippen LogP contribution in [0.5, 0.6) is 0 Å². The molecule has 0 radical (unpaired) electrons. The van der Waals surface area contributed by atoms with Gasteiger partial charge in [0.1, 0.15) is 0 Å². The molecule has 0 rings (SSSR count). The Morgan fingerprint density at radius 1 is 1.31 bits per heavy atom. The third-order valence-corrected chi connectivity index (χ3v) is 2.25. The standard InChI is InChI=1S/C9H19N3O/c1-3-5-8(6-4-2)9(7-13)11-12-10/h8-9,13H,3-7H2,1-2H3. The van der Waals surface area contributed by atoms with E-state index in [1.54, 1.807) is 0 Å². The summed E-state index contributed by atoms with van der Waals surface area (Å²) in [6.45, 7) is 4.18. The average Bonchev–Trinajstić information content (AvgIpc) is 2.14. The van der Waals surface area contributed by atoms with Crippen molar-refractivity contribution in [3.05, 3.63) is 10.4 Å². The summed E-state index contributed by atoms with van der Waals surface area (Å²) in [5.41, 5.74) is 8.30. The van der Waals surface area contributed by atoms with Crippen molar-refractivity contribution in [1.29, 1.82) is 0 Å². The van der Waals surface area contributed by atoms with Crippen molar-refractivity contribution in [3.63, 3.8) is 0 Å². The molecule has 0 amide bonds. The maximum Gasteiger partial charge on any atom is 0.0633 e. The lowest BCUT2D eigenvalue weighted by molar-refractivity contribution is 0.213. The lowest BCUT2D eigenvalue weighted by Crippen LogP contribution is -2.22. The van der Waals surface area contributed by atoms with Gasteiger partial charge in [-0.05, 0) is 11.4 Å². The SMILES string of the molecule is CCCC(CCC)C(CO)N=[N+]=[N-]. The molecule has 0 aliphatic carbocycles. The van der Waals surface area contributed by atoms with Gasteiger partial charge in [-0.2, -0.15) is 0 Å². The van der Waals surface area contributed by atoms with Crippen LogP contribution in [0.3, 0.4) is 0 Å². The molecule has 1 N–H and O–H groups in total. The highest BCUT2D eigenvalue weighted by molar-refractivity contribution is 4.75. The molecule has 4 nitrogen and oxygen atoms in total. The van der Waals surface area contributed by atoms with E-state index in [-0.39, 0.29) is 12.6 Å². The van der Waals surface area contributed by atoms with Crippen LogP contribution in [-0.2, 0) is 0 Å². The lowest BCUT2D eigenvalue weighted by atomic mass is 9.91. The van der Waals surface area contributed by atoms with Crippen LogP contribution in [0.1, 0.15) is 39.5 Å². The highest BCUT2D eigenvalue weighted by atomic mass is 16.3. The van der Waals surface area contributed by atoms with Crippen LogP contribution >= 0.6 is 0 Å². The van der Waals surface area contributed by atoms with E-state index in [1.165, 1.54) is 0 Å². The third-order valence-electron chi connectivity index (χ3n) is 2.25. The number of aliphatic hydroxyl groups is 1. The number of nitrogens with zero attached hydrogens (tertiary/aromatic N) is 3. The lowest BCUT2D eigenvalue weighted by Gasteiger charge is -2.20. The maximum absolute atomic E-state index is 9.02. The summed E-state index contributed by atoms with van der Waals surface area (Å²) >= 11 is 0. The Kier molecular flexibility index (Phi) is 7.45. The molecule has 0 aromatic rings. The van der Waals surface area contributed by atoms with E-state index in [9.17, 15) is 0 Å². The molecular weight excluding hydrogens is 166 g/mol. The fraction of sp³-hybridized carbons (Fsp3) is 1.00. The molecule has 0 aromatic carbocycles. The second-order valence-electron chi connectivity index (χ2n) is 3.29. The zero-order valence-corrected chi connectivity index (χ0v) is 8.48. The molecule has 0 fully saturated rings. The molecule has 0 saturated carbocycles. The average molecular weight is 185 g/mol. The third kappa shape index (κ3) is 4.76. The van der Waals surface area contributed by atoms with Crippen molar-refractivity contribution in [2.24, 2.45) is 11.0 Å². The largest absolute Gasteiger partial charge is 0.396 e. The first kappa shape index (κ1) is 12.3. The van der Waals surface area contributed by atoms with Crippen LogP contribution in [0.2, 0.25) is 0 Å². The monoisotopic (exact) mass is 185 g/mol. The van der Waals surface area contributed by atoms with E-state index < -0.39 is 0 Å². The normalized spacial score (nSPS) is 12.6. The van der Waals surface area contributed by atoms with E-state index >= 15 is 0 Å². The van der Waals surface area contributed by atoms with Crippen LogP contribution in [0.15, 0.2) is 5.11 Å². The maximum atomic E-state index is 9.02. The molecule has 13 heavy (non-hydrogen) atoms. The minimum atomic E-state index is -0.232. The van der Waals surface area contributed by atoms with Gasteiger partial charge in [0.25, 0.3) is 0 Å². The molecule has 4 heteroatoms. The minimum Gasteiger partial charge on any atom is -0.396 e. The summed E-state index contributed by atoms with van der Waals surface area (Å²) in [6.07, 6.45) is 4.19. The van der Waals surface area contributed by atoms with E-state index in [2.05, 4.69) is 23.9 Å². The van der Waals surface area contributed by atoms with Crippen molar-refractivity contribution in [1.82, 2.24) is 0 Å². The molecule has 0 aromatic heterocycles. The van der Waals surface area contributed by atoms with Gasteiger partial charge in [-0.25, -0.2) is 0 Å². The van der Waals surface area contributed by atoms with Crippen molar-refractivity contribution < 1.29 is 5.11 Å². The van der Waals surface area contributed by atoms with Gasteiger partial charge in [0, 0.05) is 4.91 Å². The number of azide groups is 1. The summed E-state index contributed by atoms with van der Waals surface area (Å²) < 4.78 is 0. The summed E-state index contributed by atoms with van der Waals surface area (Å²) in [7, 11) is 0. The molecule has 0 heterocycles. The quantitative estimate of drug-likeness (QED) is 0.370. The van der Waals surface area contributed by atoms with Crippen molar-refractivity contribution in [3.8, 4) is 0 Å². The summed E-state index contributed by atoms with van der Waals surface area (Å²) in [6, 6.07) is -0.232. The first-order chi connectivity index (χ1) is 6.29. The molecule has 0 spiro atoms. The van der Waals surface area contributed by atoms with Crippen molar-refractivity contribution in [2.45, 2.75) is 45.6 Å². The molecule has 1 atom stereocenters. The Morgan fingerprint density at radius 3 is 2.15 bits per heavy atom. The fourth-order valence-corrected chi connectivity index (χ4v) is 1.62. The van der Waals surface area contributed by atoms with Gasteiger partial charge in [0.05, 0.1) is 12.6 Å².